The van der Waals surface area contributed by atoms with Crippen LogP contribution in [0, 0.1) is 17.7 Å². The highest BCUT2D eigenvalue weighted by Crippen LogP contribution is 2.27. The van der Waals surface area contributed by atoms with Crippen molar-refractivity contribution in [1.82, 2.24) is 25.5 Å². The molecule has 27 heavy (non-hydrogen) atoms. The van der Waals surface area contributed by atoms with Gasteiger partial charge in [0.2, 0.25) is 0 Å². The van der Waals surface area contributed by atoms with Gasteiger partial charge in [0.1, 0.15) is 5.82 Å². The topological polar surface area (TPSA) is 87.2 Å². The highest BCUT2D eigenvalue weighted by molar-refractivity contribution is 6.04. The molecule has 140 valence electrons. The molecule has 3 heterocycles. The van der Waals surface area contributed by atoms with Crippen LogP contribution in [0.2, 0.25) is 0 Å². The molecule has 0 unspecified atom stereocenters. The molecule has 0 radical (unpaired) electrons. The number of hydrogen-bond donors (Lipinski definition) is 2. The van der Waals surface area contributed by atoms with E-state index in [1.54, 1.807) is 17.0 Å². The Balaban J connectivity index is 1.46. The van der Waals surface area contributed by atoms with Gasteiger partial charge in [0.15, 0.2) is 11.4 Å². The van der Waals surface area contributed by atoms with Gasteiger partial charge in [0.05, 0.1) is 0 Å². The molecule has 0 saturated carbocycles. The highest BCUT2D eigenvalue weighted by atomic mass is 19.1. The molecule has 2 saturated heterocycles. The first kappa shape index (κ1) is 17.5. The van der Waals surface area contributed by atoms with E-state index in [9.17, 15) is 14.0 Å². The van der Waals surface area contributed by atoms with E-state index in [2.05, 4.69) is 20.6 Å². The van der Waals surface area contributed by atoms with Crippen LogP contribution < -0.4 is 10.6 Å². The van der Waals surface area contributed by atoms with E-state index >= 15 is 0 Å². The molecule has 2 aliphatic heterocycles. The summed E-state index contributed by atoms with van der Waals surface area (Å²) in [6.45, 7) is 3.39. The maximum Gasteiger partial charge on any atom is 0.274 e. The summed E-state index contributed by atoms with van der Waals surface area (Å²) in [7, 11) is 0. The van der Waals surface area contributed by atoms with Crippen LogP contribution in [0.15, 0.2) is 36.7 Å². The average molecular weight is 369 g/mol. The van der Waals surface area contributed by atoms with Crippen molar-refractivity contribution >= 4 is 11.8 Å². The van der Waals surface area contributed by atoms with Gasteiger partial charge in [-0.1, -0.05) is 12.1 Å². The Bertz CT molecular complexity index is 845. The van der Waals surface area contributed by atoms with Crippen LogP contribution in [0.4, 0.5) is 4.39 Å². The number of hydrogen-bond acceptors (Lipinski definition) is 5. The van der Waals surface area contributed by atoms with Gasteiger partial charge in [-0.3, -0.25) is 9.59 Å². The largest absolute Gasteiger partial charge is 0.347 e. The van der Waals surface area contributed by atoms with Crippen molar-refractivity contribution in [3.63, 3.8) is 0 Å². The van der Waals surface area contributed by atoms with Gasteiger partial charge in [0.25, 0.3) is 11.8 Å². The van der Waals surface area contributed by atoms with Crippen LogP contribution in [0.3, 0.4) is 0 Å². The minimum Gasteiger partial charge on any atom is -0.347 e. The number of carbonyl (C=O) groups is 2. The molecular formula is C19H20FN5O2. The first-order chi connectivity index (χ1) is 13.1. The van der Waals surface area contributed by atoms with E-state index in [0.29, 0.717) is 24.9 Å². The standard InChI is InChI=1S/C19H20FN5O2/c20-15-3-1-12(2-4-15)7-24-18(26)16-17(23-6-5-22-16)19(27)25-10-13-8-21-9-14(13)11-25/h1-6,13-14,21H,7-11H2,(H,24,26)/t13-,14+. The van der Waals surface area contributed by atoms with Crippen LogP contribution in [0.1, 0.15) is 26.5 Å². The molecule has 1 aromatic heterocycles. The molecule has 0 spiro atoms. The summed E-state index contributed by atoms with van der Waals surface area (Å²) in [5, 5.41) is 6.05. The molecule has 2 aromatic rings. The van der Waals surface area contributed by atoms with Crippen LogP contribution in [0.5, 0.6) is 0 Å². The zero-order valence-electron chi connectivity index (χ0n) is 14.7. The van der Waals surface area contributed by atoms with Crippen molar-refractivity contribution in [2.75, 3.05) is 26.2 Å². The van der Waals surface area contributed by atoms with E-state index in [0.717, 1.165) is 18.7 Å². The number of aromatic nitrogens is 2. The number of halogens is 1. The van der Waals surface area contributed by atoms with Crippen LogP contribution >= 0.6 is 0 Å². The second-order valence-electron chi connectivity index (χ2n) is 6.95. The molecule has 2 fully saturated rings. The van der Waals surface area contributed by atoms with Crippen LogP contribution in [0.25, 0.3) is 0 Å². The van der Waals surface area contributed by atoms with E-state index in [1.807, 2.05) is 0 Å². The zero-order chi connectivity index (χ0) is 18.8. The summed E-state index contributed by atoms with van der Waals surface area (Å²) >= 11 is 0. The zero-order valence-corrected chi connectivity index (χ0v) is 14.7. The van der Waals surface area contributed by atoms with Crippen molar-refractivity contribution in [2.24, 2.45) is 11.8 Å². The summed E-state index contributed by atoms with van der Waals surface area (Å²) in [6.07, 6.45) is 2.81. The average Bonchev–Trinajstić information content (AvgIpc) is 3.29. The summed E-state index contributed by atoms with van der Waals surface area (Å²) in [5.74, 6) is -0.151. The molecule has 2 N–H and O–H groups in total. The molecule has 2 atom stereocenters. The Morgan fingerprint density at radius 2 is 1.70 bits per heavy atom. The summed E-state index contributed by atoms with van der Waals surface area (Å²) < 4.78 is 13.0. The monoisotopic (exact) mass is 369 g/mol. The van der Waals surface area contributed by atoms with E-state index < -0.39 is 5.91 Å². The minimum absolute atomic E-state index is 0.0137. The van der Waals surface area contributed by atoms with Gasteiger partial charge in [-0.15, -0.1) is 0 Å². The summed E-state index contributed by atoms with van der Waals surface area (Å²) in [6, 6.07) is 5.85. The fourth-order valence-corrected chi connectivity index (χ4v) is 3.70. The molecule has 1 aromatic carbocycles. The molecule has 2 amide bonds. The Kier molecular flexibility index (Phi) is 4.81. The maximum atomic E-state index is 13.0. The van der Waals surface area contributed by atoms with Crippen molar-refractivity contribution < 1.29 is 14.0 Å². The Hall–Kier alpha value is -2.87. The number of nitrogens with zero attached hydrogens (tertiary/aromatic N) is 3. The molecular weight excluding hydrogens is 349 g/mol. The lowest BCUT2D eigenvalue weighted by Gasteiger charge is -2.18. The molecule has 2 aliphatic rings. The number of amides is 2. The second kappa shape index (κ2) is 7.40. The highest BCUT2D eigenvalue weighted by Gasteiger charge is 2.39. The van der Waals surface area contributed by atoms with Crippen molar-refractivity contribution in [3.8, 4) is 0 Å². The fraction of sp³-hybridized carbons (Fsp3) is 0.368. The number of likely N-dealkylation sites (tertiary alicyclic amines) is 1. The first-order valence-electron chi connectivity index (χ1n) is 8.95. The number of rotatable bonds is 4. The van der Waals surface area contributed by atoms with Crippen molar-refractivity contribution in [2.45, 2.75) is 6.54 Å². The Labute approximate surface area is 156 Å². The van der Waals surface area contributed by atoms with E-state index in [4.69, 9.17) is 0 Å². The van der Waals surface area contributed by atoms with Crippen molar-refractivity contribution in [3.05, 3.63) is 59.4 Å². The first-order valence-corrected chi connectivity index (χ1v) is 8.95. The van der Waals surface area contributed by atoms with Gasteiger partial charge in [-0.2, -0.15) is 0 Å². The van der Waals surface area contributed by atoms with E-state index in [1.165, 1.54) is 24.5 Å². The molecule has 8 heteroatoms. The van der Waals surface area contributed by atoms with Crippen molar-refractivity contribution in [1.29, 1.82) is 0 Å². The van der Waals surface area contributed by atoms with Gasteiger partial charge in [-0.05, 0) is 29.5 Å². The molecule has 4 rings (SSSR count). The predicted octanol–water partition coefficient (Wildman–Crippen LogP) is 0.837. The Morgan fingerprint density at radius 3 is 2.37 bits per heavy atom. The minimum atomic E-state index is -0.475. The number of nitrogens with one attached hydrogen (secondary N) is 2. The number of fused-ring (bicyclic) bond motifs is 1. The molecule has 0 aliphatic carbocycles. The summed E-state index contributed by atoms with van der Waals surface area (Å²) in [4.78, 5) is 35.4. The Morgan fingerprint density at radius 1 is 1.07 bits per heavy atom. The maximum absolute atomic E-state index is 13.0. The number of carbonyl (C=O) groups excluding carboxylic acids is 2. The van der Waals surface area contributed by atoms with Gasteiger partial charge >= 0.3 is 0 Å². The van der Waals surface area contributed by atoms with Gasteiger partial charge < -0.3 is 15.5 Å². The molecule has 0 bridgehead atoms. The number of benzene rings is 1. The van der Waals surface area contributed by atoms with Crippen LogP contribution in [-0.2, 0) is 6.54 Å². The fourth-order valence-electron chi connectivity index (χ4n) is 3.70. The third-order valence-corrected chi connectivity index (χ3v) is 5.16. The van der Waals surface area contributed by atoms with Gasteiger partial charge in [0, 0.05) is 45.1 Å². The van der Waals surface area contributed by atoms with Gasteiger partial charge in [-0.25, -0.2) is 14.4 Å². The lowest BCUT2D eigenvalue weighted by molar-refractivity contribution is 0.0766. The predicted molar refractivity (Wildman–Crippen MR) is 95.4 cm³/mol. The lowest BCUT2D eigenvalue weighted by Crippen LogP contribution is -2.35. The lowest BCUT2D eigenvalue weighted by atomic mass is 10.0. The summed E-state index contributed by atoms with van der Waals surface area (Å²) in [5.41, 5.74) is 0.836. The smallest absolute Gasteiger partial charge is 0.274 e. The van der Waals surface area contributed by atoms with Crippen LogP contribution in [-0.4, -0.2) is 52.9 Å². The van der Waals surface area contributed by atoms with E-state index in [-0.39, 0.29) is 29.7 Å². The SMILES string of the molecule is O=C(NCc1ccc(F)cc1)c1nccnc1C(=O)N1C[C@H]2CNC[C@H]2C1. The third kappa shape index (κ3) is 3.66. The third-order valence-electron chi connectivity index (χ3n) is 5.16. The molecule has 7 nitrogen and oxygen atoms in total. The second-order valence-corrected chi connectivity index (χ2v) is 6.95. The normalized spacial score (nSPS) is 21.1. The quantitative estimate of drug-likeness (QED) is 0.834.